The van der Waals surface area contributed by atoms with Crippen LogP contribution in [0.4, 0.5) is 4.39 Å². The summed E-state index contributed by atoms with van der Waals surface area (Å²) in [5.41, 5.74) is 0.393. The van der Waals surface area contributed by atoms with Crippen LogP contribution in [0.1, 0.15) is 12.0 Å². The first kappa shape index (κ1) is 21.7. The van der Waals surface area contributed by atoms with Gasteiger partial charge in [-0.25, -0.2) is 17.5 Å². The zero-order chi connectivity index (χ0) is 21.6. The quantitative estimate of drug-likeness (QED) is 0.529. The van der Waals surface area contributed by atoms with Crippen LogP contribution in [0, 0.1) is 5.82 Å². The van der Waals surface area contributed by atoms with Crippen LogP contribution in [0.2, 0.25) is 0 Å². The van der Waals surface area contributed by atoms with Gasteiger partial charge in [-0.05, 0) is 29.0 Å². The van der Waals surface area contributed by atoms with Gasteiger partial charge in [-0.3, -0.25) is 4.79 Å². The Labute approximate surface area is 175 Å². The molecule has 0 radical (unpaired) electrons. The maximum absolute atomic E-state index is 13.9. The van der Waals surface area contributed by atoms with Gasteiger partial charge in [-0.1, -0.05) is 54.6 Å². The molecule has 0 spiro atoms. The molecule has 3 aromatic carbocycles. The normalized spacial score (nSPS) is 11.4. The minimum atomic E-state index is -3.75. The van der Waals surface area contributed by atoms with E-state index in [9.17, 15) is 17.6 Å². The van der Waals surface area contributed by atoms with Crippen LogP contribution < -0.4 is 4.72 Å². The summed E-state index contributed by atoms with van der Waals surface area (Å²) in [4.78, 5) is 14.1. The number of halogens is 1. The summed E-state index contributed by atoms with van der Waals surface area (Å²) >= 11 is 0. The summed E-state index contributed by atoms with van der Waals surface area (Å²) in [6, 6.07) is 18.6. The number of hydrogen-bond acceptors (Lipinski definition) is 3. The lowest BCUT2D eigenvalue weighted by atomic mass is 10.1. The monoisotopic (exact) mass is 426 g/mol. The van der Waals surface area contributed by atoms with Crippen molar-refractivity contribution >= 4 is 26.7 Å². The van der Waals surface area contributed by atoms with Crippen molar-refractivity contribution < 1.29 is 17.6 Å². The van der Waals surface area contributed by atoms with Crippen LogP contribution in [-0.2, 0) is 21.4 Å². The van der Waals surface area contributed by atoms with E-state index in [1.165, 1.54) is 17.0 Å². The van der Waals surface area contributed by atoms with Crippen LogP contribution >= 0.6 is 0 Å². The minimum absolute atomic E-state index is 0.0465. The lowest BCUT2D eigenvalue weighted by Gasteiger charge is -2.21. The highest BCUT2D eigenvalue weighted by atomic mass is 32.2. The van der Waals surface area contributed by atoms with Gasteiger partial charge in [0.25, 0.3) is 0 Å². The highest BCUT2D eigenvalue weighted by Crippen LogP contribution is 2.19. The minimum Gasteiger partial charge on any atom is -0.335 e. The van der Waals surface area contributed by atoms with Crippen LogP contribution in [0.15, 0.2) is 84.3 Å². The van der Waals surface area contributed by atoms with E-state index in [4.69, 9.17) is 0 Å². The molecule has 30 heavy (non-hydrogen) atoms. The molecule has 0 aliphatic rings. The number of carbonyl (C=O) groups excluding carboxylic acids is 1. The van der Waals surface area contributed by atoms with E-state index in [1.807, 2.05) is 24.3 Å². The van der Waals surface area contributed by atoms with Gasteiger partial charge in [0.1, 0.15) is 5.82 Å². The van der Waals surface area contributed by atoms with E-state index in [1.54, 1.807) is 36.4 Å². The molecule has 156 valence electrons. The molecule has 0 aromatic heterocycles. The fourth-order valence-electron chi connectivity index (χ4n) is 3.11. The van der Waals surface area contributed by atoms with Gasteiger partial charge in [-0.2, -0.15) is 0 Å². The van der Waals surface area contributed by atoms with Crippen molar-refractivity contribution in [2.75, 3.05) is 13.1 Å². The maximum Gasteiger partial charge on any atom is 0.240 e. The third-order valence-corrected chi connectivity index (χ3v) is 6.14. The smallest absolute Gasteiger partial charge is 0.240 e. The number of hydrogen-bond donors (Lipinski definition) is 1. The second kappa shape index (κ2) is 9.65. The highest BCUT2D eigenvalue weighted by Gasteiger charge is 2.18. The van der Waals surface area contributed by atoms with Gasteiger partial charge >= 0.3 is 0 Å². The molecule has 3 rings (SSSR count). The molecule has 1 N–H and O–H groups in total. The SMILES string of the molecule is C=CCN(Cc1ccccc1F)C(=O)CCNS(=O)(=O)c1ccc2ccccc2c1. The molecule has 0 atom stereocenters. The molecule has 0 aliphatic heterocycles. The molecule has 0 saturated carbocycles. The first-order chi connectivity index (χ1) is 14.4. The maximum atomic E-state index is 13.9. The second-order valence-corrected chi connectivity index (χ2v) is 8.58. The van der Waals surface area contributed by atoms with Crippen molar-refractivity contribution in [3.05, 3.63) is 90.8 Å². The van der Waals surface area contributed by atoms with Crippen molar-refractivity contribution in [1.82, 2.24) is 9.62 Å². The van der Waals surface area contributed by atoms with E-state index in [0.29, 0.717) is 5.56 Å². The number of rotatable bonds is 9. The summed E-state index contributed by atoms with van der Waals surface area (Å²) in [7, 11) is -3.75. The zero-order valence-corrected chi connectivity index (χ0v) is 17.2. The standard InChI is InChI=1S/C23H23FN2O3S/c1-2-15-26(17-20-9-5-6-10-22(20)24)23(27)13-14-25-30(28,29)21-12-11-18-7-3-4-8-19(18)16-21/h2-12,16,25H,1,13-15,17H2. The second-order valence-electron chi connectivity index (χ2n) is 6.81. The number of sulfonamides is 1. The van der Waals surface area contributed by atoms with Crippen LogP contribution in [0.3, 0.4) is 0 Å². The van der Waals surface area contributed by atoms with Gasteiger partial charge in [0.05, 0.1) is 4.90 Å². The first-order valence-electron chi connectivity index (χ1n) is 9.51. The van der Waals surface area contributed by atoms with E-state index in [0.717, 1.165) is 10.8 Å². The Hall–Kier alpha value is -3.03. The summed E-state index contributed by atoms with van der Waals surface area (Å²) in [6.45, 7) is 3.91. The molecule has 7 heteroatoms. The predicted molar refractivity (Wildman–Crippen MR) is 116 cm³/mol. The first-order valence-corrected chi connectivity index (χ1v) is 11.0. The van der Waals surface area contributed by atoms with Gasteiger partial charge in [0.15, 0.2) is 0 Å². The molecule has 0 saturated heterocycles. The molecule has 0 unspecified atom stereocenters. The van der Waals surface area contributed by atoms with Crippen LogP contribution in [-0.4, -0.2) is 32.3 Å². The van der Waals surface area contributed by atoms with Crippen molar-refractivity contribution in [1.29, 1.82) is 0 Å². The number of carbonyl (C=O) groups is 1. The number of fused-ring (bicyclic) bond motifs is 1. The Bertz CT molecular complexity index is 1160. The highest BCUT2D eigenvalue weighted by molar-refractivity contribution is 7.89. The average molecular weight is 427 g/mol. The largest absolute Gasteiger partial charge is 0.335 e. The van der Waals surface area contributed by atoms with E-state index in [-0.39, 0.29) is 36.9 Å². The third-order valence-electron chi connectivity index (χ3n) is 4.68. The van der Waals surface area contributed by atoms with E-state index >= 15 is 0 Å². The van der Waals surface area contributed by atoms with E-state index < -0.39 is 15.8 Å². The Morgan fingerprint density at radius 3 is 2.47 bits per heavy atom. The van der Waals surface area contributed by atoms with Crippen LogP contribution in [0.25, 0.3) is 10.8 Å². The van der Waals surface area contributed by atoms with Gasteiger partial charge in [-0.15, -0.1) is 6.58 Å². The lowest BCUT2D eigenvalue weighted by molar-refractivity contribution is -0.131. The molecule has 1 amide bonds. The summed E-state index contributed by atoms with van der Waals surface area (Å²) in [5.74, 6) is -0.685. The predicted octanol–water partition coefficient (Wildman–Crippen LogP) is 3.86. The molecular weight excluding hydrogens is 403 g/mol. The van der Waals surface area contributed by atoms with Crippen molar-refractivity contribution in [3.63, 3.8) is 0 Å². The molecule has 0 bridgehead atoms. The van der Waals surface area contributed by atoms with Gasteiger partial charge in [0, 0.05) is 31.6 Å². The number of amides is 1. The van der Waals surface area contributed by atoms with Crippen molar-refractivity contribution in [3.8, 4) is 0 Å². The van der Waals surface area contributed by atoms with Crippen molar-refractivity contribution in [2.45, 2.75) is 17.9 Å². The average Bonchev–Trinajstić information content (AvgIpc) is 2.74. The Morgan fingerprint density at radius 1 is 1.03 bits per heavy atom. The third kappa shape index (κ3) is 5.31. The number of nitrogens with one attached hydrogen (secondary N) is 1. The van der Waals surface area contributed by atoms with Gasteiger partial charge < -0.3 is 4.90 Å². The molecule has 0 fully saturated rings. The van der Waals surface area contributed by atoms with Gasteiger partial charge in [0.2, 0.25) is 15.9 Å². The molecule has 5 nitrogen and oxygen atoms in total. The topological polar surface area (TPSA) is 66.5 Å². The number of benzene rings is 3. The molecule has 0 heterocycles. The van der Waals surface area contributed by atoms with Crippen molar-refractivity contribution in [2.24, 2.45) is 0 Å². The molecule has 0 aliphatic carbocycles. The fourth-order valence-corrected chi connectivity index (χ4v) is 4.18. The van der Waals surface area contributed by atoms with E-state index in [2.05, 4.69) is 11.3 Å². The zero-order valence-electron chi connectivity index (χ0n) is 16.4. The molecule has 3 aromatic rings. The summed E-state index contributed by atoms with van der Waals surface area (Å²) < 4.78 is 41.5. The van der Waals surface area contributed by atoms with Crippen LogP contribution in [0.5, 0.6) is 0 Å². The summed E-state index contributed by atoms with van der Waals surface area (Å²) in [5, 5.41) is 1.76. The lowest BCUT2D eigenvalue weighted by Crippen LogP contribution is -2.34. The Morgan fingerprint density at radius 2 is 1.73 bits per heavy atom. The molecular formula is C23H23FN2O3S. The number of nitrogens with zero attached hydrogens (tertiary/aromatic N) is 1. The Balaban J connectivity index is 1.63. The summed E-state index contributed by atoms with van der Waals surface area (Å²) in [6.07, 6.45) is 1.51. The fraction of sp³-hybridized carbons (Fsp3) is 0.174. The Kier molecular flexibility index (Phi) is 6.97.